The number of rotatable bonds is 9. The number of hydrogen-bond acceptors (Lipinski definition) is 8. The number of halogens is 4. The molecule has 49 heavy (non-hydrogen) atoms. The van der Waals surface area contributed by atoms with Gasteiger partial charge in [-0.05, 0) is 53.6 Å². The number of carbonyl (C=O) groups is 2. The third-order valence-corrected chi connectivity index (χ3v) is 9.59. The zero-order valence-corrected chi connectivity index (χ0v) is 28.2. The van der Waals surface area contributed by atoms with Crippen LogP contribution in [-0.2, 0) is 27.4 Å². The number of benzene rings is 3. The lowest BCUT2D eigenvalue weighted by Crippen LogP contribution is -2.47. The van der Waals surface area contributed by atoms with Gasteiger partial charge in [0.15, 0.2) is 17.6 Å². The molecule has 0 unspecified atom stereocenters. The molecule has 0 bridgehead atoms. The van der Waals surface area contributed by atoms with E-state index in [0.717, 1.165) is 4.90 Å². The molecule has 5 aromatic rings. The summed E-state index contributed by atoms with van der Waals surface area (Å²) in [7, 11) is 0. The second kappa shape index (κ2) is 13.4. The van der Waals surface area contributed by atoms with Crippen LogP contribution >= 0.6 is 46.4 Å². The molecule has 4 heterocycles. The highest BCUT2D eigenvalue weighted by Gasteiger charge is 2.57. The Balaban J connectivity index is 1.22. The van der Waals surface area contributed by atoms with E-state index in [1.165, 1.54) is 10.9 Å². The minimum absolute atomic E-state index is 0.0429. The highest BCUT2D eigenvalue weighted by Crippen LogP contribution is 2.43. The number of imide groups is 1. The average molecular weight is 738 g/mol. The van der Waals surface area contributed by atoms with Crippen molar-refractivity contribution < 1.29 is 28.9 Å². The molecule has 4 atom stereocenters. The summed E-state index contributed by atoms with van der Waals surface area (Å²) in [4.78, 5) is 36.3. The first-order valence-corrected chi connectivity index (χ1v) is 16.3. The number of carbonyl (C=O) groups excluding carboxylic acids is 2. The van der Waals surface area contributed by atoms with Crippen LogP contribution < -0.4 is 4.90 Å². The fraction of sp³-hybridized carbons (Fsp3) is 0.200. The normalized spacial score (nSPS) is 21.8. The molecule has 2 amide bonds. The summed E-state index contributed by atoms with van der Waals surface area (Å²) in [6.45, 7) is -0.000263. The summed E-state index contributed by atoms with van der Waals surface area (Å²) in [5.74, 6) is 1.52. The Morgan fingerprint density at radius 3 is 2.14 bits per heavy atom. The van der Waals surface area contributed by atoms with Gasteiger partial charge >= 0.3 is 0 Å². The van der Waals surface area contributed by atoms with E-state index in [1.54, 1.807) is 72.9 Å². The minimum Gasteiger partial charge on any atom is -0.374 e. The van der Waals surface area contributed by atoms with E-state index in [-0.39, 0.29) is 42.4 Å². The van der Waals surface area contributed by atoms with Crippen molar-refractivity contribution >= 4 is 75.1 Å². The zero-order valence-electron chi connectivity index (χ0n) is 25.2. The van der Waals surface area contributed by atoms with Gasteiger partial charge in [0.05, 0.1) is 36.3 Å². The summed E-state index contributed by atoms with van der Waals surface area (Å²) in [6.07, 6.45) is 5.54. The molecule has 2 aromatic heterocycles. The van der Waals surface area contributed by atoms with Gasteiger partial charge in [-0.3, -0.25) is 9.59 Å². The molecule has 1 N–H and O–H groups in total. The van der Waals surface area contributed by atoms with Crippen LogP contribution in [0.4, 0.5) is 5.82 Å². The van der Waals surface area contributed by atoms with Crippen molar-refractivity contribution in [1.29, 1.82) is 0 Å². The number of aliphatic hydroxyl groups is 1. The van der Waals surface area contributed by atoms with Gasteiger partial charge in [-0.25, -0.2) is 14.9 Å². The number of amides is 2. The van der Waals surface area contributed by atoms with E-state index < -0.39 is 35.9 Å². The molecule has 7 rings (SSSR count). The van der Waals surface area contributed by atoms with Crippen LogP contribution in [0.1, 0.15) is 38.1 Å². The maximum atomic E-state index is 13.3. The van der Waals surface area contributed by atoms with Crippen LogP contribution in [0.25, 0.3) is 11.0 Å². The Kier molecular flexibility index (Phi) is 9.13. The van der Waals surface area contributed by atoms with Gasteiger partial charge < -0.3 is 23.9 Å². The van der Waals surface area contributed by atoms with E-state index in [1.807, 2.05) is 0 Å². The van der Waals surface area contributed by atoms with Gasteiger partial charge in [-0.15, -0.1) is 6.42 Å². The average Bonchev–Trinajstić information content (AvgIpc) is 3.72. The fourth-order valence-corrected chi connectivity index (χ4v) is 6.93. The van der Waals surface area contributed by atoms with Crippen molar-refractivity contribution in [2.45, 2.75) is 37.3 Å². The van der Waals surface area contributed by atoms with E-state index in [0.29, 0.717) is 36.6 Å². The van der Waals surface area contributed by atoms with E-state index >= 15 is 0 Å². The van der Waals surface area contributed by atoms with Gasteiger partial charge in [-0.2, -0.15) is 0 Å². The van der Waals surface area contributed by atoms with Crippen molar-refractivity contribution in [3.05, 3.63) is 122 Å². The Bertz CT molecular complexity index is 2130. The largest absolute Gasteiger partial charge is 0.374 e. The number of terminal acetylenes is 1. The molecule has 10 nitrogen and oxygen atoms in total. The Hall–Kier alpha value is -4.02. The molecule has 2 aliphatic heterocycles. The fourth-order valence-electron chi connectivity index (χ4n) is 6.01. The SMILES string of the molecule is C#C[C@@]1(O)[C@H](OCc2ccc(Cl)cc2Cl)[C@@H](COCc2ccc(Cl)cc2Cl)O[C@H]1n1ccc2c(N3C(=O)c4ccccc4C3=O)ncnc21. The number of anilines is 1. The summed E-state index contributed by atoms with van der Waals surface area (Å²) < 4.78 is 20.2. The summed E-state index contributed by atoms with van der Waals surface area (Å²) >= 11 is 24.9. The van der Waals surface area contributed by atoms with Gasteiger partial charge in [0, 0.05) is 26.3 Å². The zero-order chi connectivity index (χ0) is 34.4. The maximum Gasteiger partial charge on any atom is 0.267 e. The van der Waals surface area contributed by atoms with Gasteiger partial charge in [-0.1, -0.05) is 76.6 Å². The Labute approximate surface area is 300 Å². The predicted molar refractivity (Wildman–Crippen MR) is 184 cm³/mol. The number of fused-ring (bicyclic) bond motifs is 2. The van der Waals surface area contributed by atoms with Crippen LogP contribution in [0.2, 0.25) is 20.1 Å². The van der Waals surface area contributed by atoms with Crippen LogP contribution in [0.5, 0.6) is 0 Å². The second-order valence-electron chi connectivity index (χ2n) is 11.4. The van der Waals surface area contributed by atoms with Gasteiger partial charge in [0.25, 0.3) is 11.8 Å². The van der Waals surface area contributed by atoms with Crippen molar-refractivity contribution in [3.63, 3.8) is 0 Å². The highest BCUT2D eigenvalue weighted by atomic mass is 35.5. The minimum atomic E-state index is -2.07. The third kappa shape index (κ3) is 5.97. The highest BCUT2D eigenvalue weighted by molar-refractivity contribution is 6.36. The van der Waals surface area contributed by atoms with Crippen LogP contribution in [-0.4, -0.2) is 55.9 Å². The number of hydrogen-bond donors (Lipinski definition) is 1. The molecule has 3 aromatic carbocycles. The van der Waals surface area contributed by atoms with Crippen molar-refractivity contribution in [1.82, 2.24) is 14.5 Å². The van der Waals surface area contributed by atoms with Crippen LogP contribution in [0.3, 0.4) is 0 Å². The topological polar surface area (TPSA) is 116 Å². The summed E-state index contributed by atoms with van der Waals surface area (Å²) in [6, 6.07) is 18.1. The molecule has 2 aliphatic rings. The van der Waals surface area contributed by atoms with Gasteiger partial charge in [0.2, 0.25) is 0 Å². The second-order valence-corrected chi connectivity index (χ2v) is 13.1. The summed E-state index contributed by atoms with van der Waals surface area (Å²) in [5, 5.41) is 14.3. The van der Waals surface area contributed by atoms with Crippen molar-refractivity contribution in [3.8, 4) is 12.3 Å². The summed E-state index contributed by atoms with van der Waals surface area (Å²) in [5.41, 5.74) is -0.00385. The molecular weight excluding hydrogens is 714 g/mol. The molecule has 0 spiro atoms. The first-order valence-electron chi connectivity index (χ1n) is 14.8. The lowest BCUT2D eigenvalue weighted by Gasteiger charge is -2.29. The molecule has 0 aliphatic carbocycles. The third-order valence-electron chi connectivity index (χ3n) is 8.42. The van der Waals surface area contributed by atoms with E-state index in [9.17, 15) is 14.7 Å². The van der Waals surface area contributed by atoms with Crippen LogP contribution in [0.15, 0.2) is 79.3 Å². The Morgan fingerprint density at radius 2 is 1.53 bits per heavy atom. The van der Waals surface area contributed by atoms with E-state index in [4.69, 9.17) is 67.0 Å². The van der Waals surface area contributed by atoms with Gasteiger partial charge in [0.1, 0.15) is 24.2 Å². The van der Waals surface area contributed by atoms with Crippen molar-refractivity contribution in [2.24, 2.45) is 0 Å². The molecule has 0 saturated carbocycles. The molecular formula is C35H24Cl4N4O6. The van der Waals surface area contributed by atoms with Crippen molar-refractivity contribution in [2.75, 3.05) is 11.5 Å². The quantitative estimate of drug-likeness (QED) is 0.128. The molecule has 1 fully saturated rings. The first-order chi connectivity index (χ1) is 23.6. The monoisotopic (exact) mass is 736 g/mol. The Morgan fingerprint density at radius 1 is 0.898 bits per heavy atom. The smallest absolute Gasteiger partial charge is 0.267 e. The molecule has 0 radical (unpaired) electrons. The molecule has 248 valence electrons. The van der Waals surface area contributed by atoms with E-state index in [2.05, 4.69) is 15.9 Å². The first kappa shape index (κ1) is 33.5. The standard InChI is InChI=1S/C35H24Cl4N4O6/c1-2-35(46)29(48-16-20-8-10-22(37)14-27(20)39)28(17-47-15-19-7-9-21(36)13-26(19)38)49-34(35)42-12-11-25-30(42)40-18-41-31(25)43-32(44)23-5-3-4-6-24(23)33(43)45/h1,3-14,18,28-29,34,46H,15-17H2/t28-,29-,34-,35-/m1/s1. The number of nitrogens with zero attached hydrogens (tertiary/aromatic N) is 4. The predicted octanol–water partition coefficient (Wildman–Crippen LogP) is 6.91. The number of ether oxygens (including phenoxy) is 3. The lowest BCUT2D eigenvalue weighted by molar-refractivity contribution is -0.0897. The molecule has 14 heteroatoms. The number of aromatic nitrogens is 3. The van der Waals surface area contributed by atoms with Crippen LogP contribution in [0, 0.1) is 12.3 Å². The molecule has 1 saturated heterocycles. The lowest BCUT2D eigenvalue weighted by atomic mass is 9.94. The maximum absolute atomic E-state index is 13.3.